The summed E-state index contributed by atoms with van der Waals surface area (Å²) in [6.07, 6.45) is 1.27. The van der Waals surface area contributed by atoms with Crippen LogP contribution in [0, 0.1) is 11.6 Å². The monoisotopic (exact) mass is 226 g/mol. The molecule has 1 N–H and O–H groups in total. The third-order valence-electron chi connectivity index (χ3n) is 2.03. The smallest absolute Gasteiger partial charge is 0.335 e. The molecule has 0 aliphatic carbocycles. The van der Waals surface area contributed by atoms with Gasteiger partial charge in [0.15, 0.2) is 6.29 Å². The number of benzene rings is 1. The lowest BCUT2D eigenvalue weighted by atomic mass is 10.0. The molecule has 0 aliphatic heterocycles. The summed E-state index contributed by atoms with van der Waals surface area (Å²) in [5.74, 6) is -3.45. The van der Waals surface area contributed by atoms with Crippen molar-refractivity contribution in [3.05, 3.63) is 41.0 Å². The maximum atomic E-state index is 13.2. The zero-order valence-corrected chi connectivity index (χ0v) is 8.33. The Morgan fingerprint density at radius 2 is 1.81 bits per heavy atom. The van der Waals surface area contributed by atoms with Crippen molar-refractivity contribution >= 4 is 17.8 Å². The standard InChI is InChI=1S/C11H8F2O3/c1-2-7(11(15)16)6-3-9(12)8(5-14)10(13)4-6/h2-5H,1H3,(H,15,16)/b7-2+. The largest absolute Gasteiger partial charge is 0.478 e. The van der Waals surface area contributed by atoms with Crippen molar-refractivity contribution in [2.24, 2.45) is 0 Å². The number of hydrogen-bond donors (Lipinski definition) is 1. The van der Waals surface area contributed by atoms with Crippen LogP contribution in [0.25, 0.3) is 5.57 Å². The number of allylic oxidation sites excluding steroid dienone is 1. The molecule has 0 aliphatic rings. The fourth-order valence-corrected chi connectivity index (χ4v) is 1.27. The molecule has 0 heterocycles. The minimum atomic E-state index is -1.29. The minimum absolute atomic E-state index is 0.0462. The number of hydrogen-bond acceptors (Lipinski definition) is 2. The van der Waals surface area contributed by atoms with Crippen LogP contribution in [0.1, 0.15) is 22.8 Å². The van der Waals surface area contributed by atoms with E-state index in [1.54, 1.807) is 0 Å². The number of carbonyl (C=O) groups is 2. The van der Waals surface area contributed by atoms with Crippen LogP contribution >= 0.6 is 0 Å². The first-order chi connectivity index (χ1) is 7.51. The van der Waals surface area contributed by atoms with E-state index in [0.717, 1.165) is 12.1 Å². The molecule has 0 bridgehead atoms. The van der Waals surface area contributed by atoms with Gasteiger partial charge in [-0.25, -0.2) is 13.6 Å². The molecule has 0 radical (unpaired) electrons. The van der Waals surface area contributed by atoms with Gasteiger partial charge in [0, 0.05) is 0 Å². The average Bonchev–Trinajstić information content (AvgIpc) is 2.17. The SMILES string of the molecule is C/C=C(/C(=O)O)c1cc(F)c(C=O)c(F)c1. The van der Waals surface area contributed by atoms with Crippen molar-refractivity contribution in [1.82, 2.24) is 0 Å². The van der Waals surface area contributed by atoms with Crippen molar-refractivity contribution < 1.29 is 23.5 Å². The van der Waals surface area contributed by atoms with Gasteiger partial charge in [-0.1, -0.05) is 6.08 Å². The Morgan fingerprint density at radius 1 is 1.31 bits per heavy atom. The molecule has 16 heavy (non-hydrogen) atoms. The molecule has 84 valence electrons. The first kappa shape index (κ1) is 12.0. The summed E-state index contributed by atoms with van der Waals surface area (Å²) in [4.78, 5) is 21.0. The van der Waals surface area contributed by atoms with Crippen LogP contribution in [0.15, 0.2) is 18.2 Å². The highest BCUT2D eigenvalue weighted by Crippen LogP contribution is 2.20. The number of carbonyl (C=O) groups excluding carboxylic acids is 1. The maximum Gasteiger partial charge on any atom is 0.335 e. The fraction of sp³-hybridized carbons (Fsp3) is 0.0909. The molecule has 0 saturated heterocycles. The number of halogens is 2. The van der Waals surface area contributed by atoms with Crippen molar-refractivity contribution in [1.29, 1.82) is 0 Å². The third kappa shape index (κ3) is 2.13. The molecule has 0 aromatic heterocycles. The molecular formula is C11H8F2O3. The van der Waals surface area contributed by atoms with Crippen molar-refractivity contribution in [3.8, 4) is 0 Å². The lowest BCUT2D eigenvalue weighted by molar-refractivity contribution is -0.130. The molecule has 1 aromatic carbocycles. The van der Waals surface area contributed by atoms with Gasteiger partial charge in [0.2, 0.25) is 0 Å². The Bertz CT molecular complexity index is 455. The van der Waals surface area contributed by atoms with Gasteiger partial charge in [0.05, 0.1) is 11.1 Å². The highest BCUT2D eigenvalue weighted by atomic mass is 19.1. The predicted octanol–water partition coefficient (Wildman–Crippen LogP) is 2.27. The molecule has 0 spiro atoms. The van der Waals surface area contributed by atoms with E-state index in [2.05, 4.69) is 0 Å². The van der Waals surface area contributed by atoms with Crippen molar-refractivity contribution in [3.63, 3.8) is 0 Å². The van der Waals surface area contributed by atoms with Gasteiger partial charge in [-0.3, -0.25) is 4.79 Å². The Morgan fingerprint density at radius 3 is 2.12 bits per heavy atom. The molecule has 0 unspecified atom stereocenters. The van der Waals surface area contributed by atoms with E-state index in [0.29, 0.717) is 0 Å². The van der Waals surface area contributed by atoms with E-state index < -0.39 is 23.2 Å². The van der Waals surface area contributed by atoms with E-state index in [-0.39, 0.29) is 17.4 Å². The molecular weight excluding hydrogens is 218 g/mol. The topological polar surface area (TPSA) is 54.4 Å². The quantitative estimate of drug-likeness (QED) is 0.635. The lowest BCUT2D eigenvalue weighted by Gasteiger charge is -2.04. The molecule has 0 saturated carbocycles. The summed E-state index contributed by atoms with van der Waals surface area (Å²) in [6.45, 7) is 1.44. The summed E-state index contributed by atoms with van der Waals surface area (Å²) in [5.41, 5.74) is -1.05. The molecule has 0 amide bonds. The van der Waals surface area contributed by atoms with Gasteiger partial charge in [0.1, 0.15) is 11.6 Å². The Balaban J connectivity index is 3.39. The fourth-order valence-electron chi connectivity index (χ4n) is 1.27. The zero-order chi connectivity index (χ0) is 12.3. The van der Waals surface area contributed by atoms with E-state index >= 15 is 0 Å². The van der Waals surface area contributed by atoms with Gasteiger partial charge >= 0.3 is 5.97 Å². The minimum Gasteiger partial charge on any atom is -0.478 e. The summed E-state index contributed by atoms with van der Waals surface area (Å²) >= 11 is 0. The van der Waals surface area contributed by atoms with Crippen molar-refractivity contribution in [2.75, 3.05) is 0 Å². The molecule has 3 nitrogen and oxygen atoms in total. The maximum absolute atomic E-state index is 13.2. The van der Waals surface area contributed by atoms with E-state index in [1.165, 1.54) is 13.0 Å². The Kier molecular flexibility index (Phi) is 3.50. The van der Waals surface area contributed by atoms with Crippen molar-refractivity contribution in [2.45, 2.75) is 6.92 Å². The second-order valence-electron chi connectivity index (χ2n) is 2.98. The van der Waals surface area contributed by atoms with Crippen LogP contribution in [0.2, 0.25) is 0 Å². The van der Waals surface area contributed by atoms with Gasteiger partial charge in [0.25, 0.3) is 0 Å². The van der Waals surface area contributed by atoms with E-state index in [4.69, 9.17) is 5.11 Å². The van der Waals surface area contributed by atoms with Crippen LogP contribution in [0.5, 0.6) is 0 Å². The van der Waals surface area contributed by atoms with E-state index in [9.17, 15) is 18.4 Å². The Labute approximate surface area is 90.0 Å². The molecule has 5 heteroatoms. The number of aliphatic carboxylic acids is 1. The van der Waals surface area contributed by atoms with E-state index in [1.807, 2.05) is 0 Å². The van der Waals surface area contributed by atoms with Gasteiger partial charge in [-0.2, -0.15) is 0 Å². The number of rotatable bonds is 3. The van der Waals surface area contributed by atoms with Gasteiger partial charge in [-0.15, -0.1) is 0 Å². The first-order valence-corrected chi connectivity index (χ1v) is 4.35. The zero-order valence-electron chi connectivity index (χ0n) is 8.33. The molecule has 0 fully saturated rings. The van der Waals surface area contributed by atoms with Crippen LogP contribution in [0.3, 0.4) is 0 Å². The second-order valence-corrected chi connectivity index (χ2v) is 2.98. The highest BCUT2D eigenvalue weighted by molar-refractivity contribution is 6.15. The third-order valence-corrected chi connectivity index (χ3v) is 2.03. The summed E-state index contributed by atoms with van der Waals surface area (Å²) < 4.78 is 26.4. The average molecular weight is 226 g/mol. The number of carboxylic acids is 1. The second kappa shape index (κ2) is 4.65. The number of aldehydes is 1. The highest BCUT2D eigenvalue weighted by Gasteiger charge is 2.15. The molecule has 0 atom stereocenters. The predicted molar refractivity (Wildman–Crippen MR) is 53.0 cm³/mol. The molecule has 1 rings (SSSR count). The summed E-state index contributed by atoms with van der Waals surface area (Å²) in [7, 11) is 0. The van der Waals surface area contributed by atoms with Gasteiger partial charge in [-0.05, 0) is 24.6 Å². The van der Waals surface area contributed by atoms with Crippen LogP contribution < -0.4 is 0 Å². The summed E-state index contributed by atoms with van der Waals surface area (Å²) in [6, 6.07) is 1.63. The normalized spacial score (nSPS) is 11.3. The first-order valence-electron chi connectivity index (χ1n) is 4.35. The van der Waals surface area contributed by atoms with Crippen LogP contribution in [0.4, 0.5) is 8.78 Å². The van der Waals surface area contributed by atoms with Crippen LogP contribution in [-0.2, 0) is 4.79 Å². The Hall–Kier alpha value is -2.04. The van der Waals surface area contributed by atoms with Crippen LogP contribution in [-0.4, -0.2) is 17.4 Å². The lowest BCUT2D eigenvalue weighted by Crippen LogP contribution is -2.03. The van der Waals surface area contributed by atoms with Gasteiger partial charge < -0.3 is 5.11 Å². The summed E-state index contributed by atoms with van der Waals surface area (Å²) in [5, 5.41) is 8.75. The molecule has 1 aromatic rings. The number of carboxylic acid groups (broad SMARTS) is 1.